The first kappa shape index (κ1) is 17.5. The number of ether oxygens (including phenoxy) is 2. The van der Waals surface area contributed by atoms with E-state index in [1.165, 1.54) is 0 Å². The van der Waals surface area contributed by atoms with Crippen molar-refractivity contribution in [2.75, 3.05) is 6.61 Å². The first-order valence-corrected chi connectivity index (χ1v) is 8.58. The van der Waals surface area contributed by atoms with Gasteiger partial charge in [-0.2, -0.15) is 0 Å². The molecule has 0 spiro atoms. The summed E-state index contributed by atoms with van der Waals surface area (Å²) in [6.07, 6.45) is 1.67. The molecule has 2 rings (SSSR count). The molecular weight excluding hydrogens is 350 g/mol. The quantitative estimate of drug-likeness (QED) is 0.587. The van der Waals surface area contributed by atoms with Gasteiger partial charge in [-0.1, -0.05) is 41.9 Å². The van der Waals surface area contributed by atoms with Gasteiger partial charge in [0.1, 0.15) is 6.10 Å². The zero-order valence-electron chi connectivity index (χ0n) is 13.8. The molecule has 0 amide bonds. The first-order valence-electron chi connectivity index (χ1n) is 7.66. The Kier molecular flexibility index (Phi) is 5.33. The summed E-state index contributed by atoms with van der Waals surface area (Å²) < 4.78 is 16.6. The average molecular weight is 374 g/mol. The maximum atomic E-state index is 11.9. The molecule has 1 aliphatic heterocycles. The summed E-state index contributed by atoms with van der Waals surface area (Å²) >= 11 is 3.71. The van der Waals surface area contributed by atoms with Crippen molar-refractivity contribution in [2.45, 2.75) is 64.5 Å². The summed E-state index contributed by atoms with van der Waals surface area (Å²) in [4.78, 5) is 12.2. The van der Waals surface area contributed by atoms with Crippen LogP contribution in [-0.4, -0.2) is 28.7 Å². The number of hydrogen-bond donors (Lipinski definition) is 0. The van der Waals surface area contributed by atoms with Gasteiger partial charge in [-0.05, 0) is 32.1 Å². The summed E-state index contributed by atoms with van der Waals surface area (Å²) in [5, 5.41) is 3.88. The molecule has 0 aromatic carbocycles. The van der Waals surface area contributed by atoms with Gasteiger partial charge in [0.15, 0.2) is 11.5 Å². The average Bonchev–Trinajstić information content (AvgIpc) is 2.79. The highest BCUT2D eigenvalue weighted by Crippen LogP contribution is 2.41. The smallest absolute Gasteiger partial charge is 0.360 e. The molecule has 5 nitrogen and oxygen atoms in total. The van der Waals surface area contributed by atoms with Crippen LogP contribution in [0.4, 0.5) is 0 Å². The van der Waals surface area contributed by atoms with Gasteiger partial charge in [0.05, 0.1) is 12.7 Å². The van der Waals surface area contributed by atoms with Crippen molar-refractivity contribution in [3.05, 3.63) is 17.0 Å². The van der Waals surface area contributed by atoms with Gasteiger partial charge in [-0.3, -0.25) is 0 Å². The van der Waals surface area contributed by atoms with Crippen molar-refractivity contribution in [3.63, 3.8) is 0 Å². The second kappa shape index (κ2) is 6.71. The molecule has 1 aromatic rings. The standard InChI is InChI=1S/C16H24BrNO4/c1-6-20-15(19)13-9(2)14(22-18-13)11-7-10(17)8-12(21-11)16(3,4)5/h10-12H,6-8H2,1-5H3/t10?,11-,12+/m0/s1. The van der Waals surface area contributed by atoms with E-state index in [0.29, 0.717) is 22.8 Å². The number of aromatic nitrogens is 1. The van der Waals surface area contributed by atoms with Gasteiger partial charge in [-0.25, -0.2) is 4.79 Å². The number of hydrogen-bond acceptors (Lipinski definition) is 5. The molecule has 1 unspecified atom stereocenters. The Labute approximate surface area is 139 Å². The summed E-state index contributed by atoms with van der Waals surface area (Å²) in [6.45, 7) is 10.4. The third-order valence-electron chi connectivity index (χ3n) is 3.96. The minimum Gasteiger partial charge on any atom is -0.461 e. The number of carbonyl (C=O) groups is 1. The Morgan fingerprint density at radius 2 is 2.09 bits per heavy atom. The van der Waals surface area contributed by atoms with Gasteiger partial charge in [0.25, 0.3) is 0 Å². The molecule has 1 aliphatic rings. The van der Waals surface area contributed by atoms with E-state index in [0.717, 1.165) is 12.8 Å². The summed E-state index contributed by atoms with van der Waals surface area (Å²) in [5.41, 5.74) is 0.991. The van der Waals surface area contributed by atoms with E-state index in [-0.39, 0.29) is 23.3 Å². The van der Waals surface area contributed by atoms with Crippen molar-refractivity contribution in [2.24, 2.45) is 5.41 Å². The molecule has 22 heavy (non-hydrogen) atoms. The predicted octanol–water partition coefficient (Wildman–Crippen LogP) is 4.19. The van der Waals surface area contributed by atoms with Crippen LogP contribution in [0.1, 0.15) is 68.5 Å². The largest absolute Gasteiger partial charge is 0.461 e. The van der Waals surface area contributed by atoms with Crippen molar-refractivity contribution < 1.29 is 18.8 Å². The summed E-state index contributed by atoms with van der Waals surface area (Å²) in [5.74, 6) is 0.176. The van der Waals surface area contributed by atoms with Crippen molar-refractivity contribution in [1.82, 2.24) is 5.16 Å². The van der Waals surface area contributed by atoms with Gasteiger partial charge >= 0.3 is 5.97 Å². The Hall–Kier alpha value is -0.880. The minimum absolute atomic E-state index is 0.0442. The number of rotatable bonds is 3. The van der Waals surface area contributed by atoms with Crippen LogP contribution in [0, 0.1) is 12.3 Å². The molecule has 0 N–H and O–H groups in total. The number of esters is 1. The Morgan fingerprint density at radius 3 is 2.68 bits per heavy atom. The number of carbonyl (C=O) groups excluding carboxylic acids is 1. The van der Waals surface area contributed by atoms with E-state index in [9.17, 15) is 4.79 Å². The fourth-order valence-corrected chi connectivity index (χ4v) is 3.31. The third-order valence-corrected chi connectivity index (χ3v) is 4.70. The highest BCUT2D eigenvalue weighted by molar-refractivity contribution is 9.09. The summed E-state index contributed by atoms with van der Waals surface area (Å²) in [6, 6.07) is 0. The molecule has 1 fully saturated rings. The summed E-state index contributed by atoms with van der Waals surface area (Å²) in [7, 11) is 0. The molecule has 124 valence electrons. The monoisotopic (exact) mass is 373 g/mol. The van der Waals surface area contributed by atoms with Crippen LogP contribution in [0.3, 0.4) is 0 Å². The zero-order valence-corrected chi connectivity index (χ0v) is 15.4. The van der Waals surface area contributed by atoms with E-state index >= 15 is 0 Å². The van der Waals surface area contributed by atoms with E-state index in [1.807, 2.05) is 6.92 Å². The lowest BCUT2D eigenvalue weighted by atomic mass is 9.83. The lowest BCUT2D eigenvalue weighted by Crippen LogP contribution is -2.37. The fraction of sp³-hybridized carbons (Fsp3) is 0.750. The lowest BCUT2D eigenvalue weighted by molar-refractivity contribution is -0.106. The fourth-order valence-electron chi connectivity index (χ4n) is 2.64. The van der Waals surface area contributed by atoms with Crippen LogP contribution in [0.25, 0.3) is 0 Å². The molecule has 1 aromatic heterocycles. The topological polar surface area (TPSA) is 61.6 Å². The molecule has 1 saturated heterocycles. The molecule has 2 heterocycles. The predicted molar refractivity (Wildman–Crippen MR) is 86.2 cm³/mol. The molecule has 0 saturated carbocycles. The van der Waals surface area contributed by atoms with Crippen molar-refractivity contribution in [1.29, 1.82) is 0 Å². The molecule has 0 radical (unpaired) electrons. The Balaban J connectivity index is 2.22. The molecular formula is C16H24BrNO4. The highest BCUT2D eigenvalue weighted by Gasteiger charge is 2.38. The molecule has 6 heteroatoms. The Morgan fingerprint density at radius 1 is 1.41 bits per heavy atom. The minimum atomic E-state index is -0.450. The van der Waals surface area contributed by atoms with Gasteiger partial charge < -0.3 is 14.0 Å². The third kappa shape index (κ3) is 3.71. The second-order valence-corrected chi connectivity index (χ2v) is 8.08. The van der Waals surface area contributed by atoms with Crippen molar-refractivity contribution in [3.8, 4) is 0 Å². The second-order valence-electron chi connectivity index (χ2n) is 6.79. The van der Waals surface area contributed by atoms with Gasteiger partial charge in [0.2, 0.25) is 0 Å². The van der Waals surface area contributed by atoms with Crippen LogP contribution in [0.15, 0.2) is 4.52 Å². The first-order chi connectivity index (χ1) is 10.2. The normalized spacial score (nSPS) is 26.0. The van der Waals surface area contributed by atoms with Crippen LogP contribution >= 0.6 is 15.9 Å². The maximum absolute atomic E-state index is 11.9. The van der Waals surface area contributed by atoms with Crippen LogP contribution in [0.2, 0.25) is 0 Å². The zero-order chi connectivity index (χ0) is 16.5. The van der Waals surface area contributed by atoms with Crippen LogP contribution in [0.5, 0.6) is 0 Å². The molecule has 0 aliphatic carbocycles. The van der Waals surface area contributed by atoms with E-state index in [4.69, 9.17) is 14.0 Å². The SMILES string of the molecule is CCOC(=O)c1noc([C@@H]2CC(Br)C[C@H](C(C)(C)C)O2)c1C. The maximum Gasteiger partial charge on any atom is 0.360 e. The van der Waals surface area contributed by atoms with E-state index < -0.39 is 5.97 Å². The van der Waals surface area contributed by atoms with Crippen LogP contribution < -0.4 is 0 Å². The van der Waals surface area contributed by atoms with Crippen LogP contribution in [-0.2, 0) is 9.47 Å². The number of alkyl halides is 1. The van der Waals surface area contributed by atoms with Gasteiger partial charge in [-0.15, -0.1) is 0 Å². The Bertz CT molecular complexity index is 535. The lowest BCUT2D eigenvalue weighted by Gasteiger charge is -2.39. The number of halogens is 1. The molecule has 3 atom stereocenters. The van der Waals surface area contributed by atoms with E-state index in [1.54, 1.807) is 6.92 Å². The van der Waals surface area contributed by atoms with Crippen molar-refractivity contribution >= 4 is 21.9 Å². The number of nitrogens with zero attached hydrogens (tertiary/aromatic N) is 1. The van der Waals surface area contributed by atoms with E-state index in [2.05, 4.69) is 41.9 Å². The molecule has 0 bridgehead atoms. The highest BCUT2D eigenvalue weighted by atomic mass is 79.9. The van der Waals surface area contributed by atoms with Gasteiger partial charge in [0, 0.05) is 10.4 Å².